The van der Waals surface area contributed by atoms with Crippen LogP contribution in [-0.4, -0.2) is 18.0 Å². The van der Waals surface area contributed by atoms with E-state index in [-0.39, 0.29) is 18.4 Å². The first-order valence-electron chi connectivity index (χ1n) is 6.20. The van der Waals surface area contributed by atoms with Crippen molar-refractivity contribution in [1.82, 2.24) is 5.32 Å². The van der Waals surface area contributed by atoms with E-state index in [0.29, 0.717) is 15.7 Å². The first-order valence-corrected chi connectivity index (χ1v) is 6.96. The second-order valence-electron chi connectivity index (χ2n) is 4.97. The Labute approximate surface area is 129 Å². The lowest BCUT2D eigenvalue weighted by Crippen LogP contribution is -2.50. The fourth-order valence-corrected chi connectivity index (χ4v) is 1.82. The summed E-state index contributed by atoms with van der Waals surface area (Å²) in [6, 6.07) is 7.26. The quantitative estimate of drug-likeness (QED) is 0.875. The van der Waals surface area contributed by atoms with Gasteiger partial charge in [0.05, 0.1) is 28.3 Å². The molecule has 0 bridgehead atoms. The topological polar surface area (TPSA) is 64.9 Å². The molecule has 0 aliphatic carbocycles. The number of benzene rings is 1. The van der Waals surface area contributed by atoms with Crippen LogP contribution in [0.25, 0.3) is 0 Å². The Balaban J connectivity index is 2.65. The molecule has 4 nitrogen and oxygen atoms in total. The largest absolute Gasteiger partial charge is 0.375 e. The van der Waals surface area contributed by atoms with Crippen molar-refractivity contribution in [2.24, 2.45) is 5.92 Å². The molecule has 0 spiro atoms. The smallest absolute Gasteiger partial charge is 0.240 e. The van der Waals surface area contributed by atoms with Crippen molar-refractivity contribution < 1.29 is 4.79 Å². The fraction of sp³-hybridized carbons (Fsp3) is 0.429. The van der Waals surface area contributed by atoms with Crippen LogP contribution in [0, 0.1) is 17.2 Å². The maximum absolute atomic E-state index is 11.9. The molecule has 0 unspecified atom stereocenters. The molecule has 0 aliphatic rings. The molecule has 1 rings (SSSR count). The molecule has 1 aromatic rings. The van der Waals surface area contributed by atoms with Crippen LogP contribution in [-0.2, 0) is 4.79 Å². The number of amides is 1. The summed E-state index contributed by atoms with van der Waals surface area (Å²) in [5.74, 6) is -0.273. The number of carbonyl (C=O) groups excluding carboxylic acids is 1. The molecule has 6 heteroatoms. The third-order valence-corrected chi connectivity index (χ3v) is 4.00. The van der Waals surface area contributed by atoms with Gasteiger partial charge in [-0.2, -0.15) is 5.26 Å². The standard InChI is InChI=1S/C14H17Cl2N3O/c1-9(2)14(3,8-17)19-12(20)7-18-11-6-4-5-10(15)13(11)16/h4-6,9,18H,7H2,1-3H3,(H,19,20)/t14-/m1/s1. The summed E-state index contributed by atoms with van der Waals surface area (Å²) < 4.78 is 0. The number of halogens is 2. The zero-order valence-corrected chi connectivity index (χ0v) is 13.1. The molecular formula is C14H17Cl2N3O. The highest BCUT2D eigenvalue weighted by atomic mass is 35.5. The molecule has 0 aromatic heterocycles. The predicted octanol–water partition coefficient (Wildman–Crippen LogP) is 3.46. The molecule has 108 valence electrons. The van der Waals surface area contributed by atoms with E-state index in [4.69, 9.17) is 28.5 Å². The molecule has 0 radical (unpaired) electrons. The van der Waals surface area contributed by atoms with Crippen molar-refractivity contribution in [3.8, 4) is 6.07 Å². The highest BCUT2D eigenvalue weighted by molar-refractivity contribution is 6.43. The van der Waals surface area contributed by atoms with E-state index in [9.17, 15) is 4.79 Å². The van der Waals surface area contributed by atoms with Crippen LogP contribution >= 0.6 is 23.2 Å². The van der Waals surface area contributed by atoms with Crippen molar-refractivity contribution in [1.29, 1.82) is 5.26 Å². The summed E-state index contributed by atoms with van der Waals surface area (Å²) in [6.07, 6.45) is 0. The van der Waals surface area contributed by atoms with Crippen LogP contribution < -0.4 is 10.6 Å². The summed E-state index contributed by atoms with van der Waals surface area (Å²) in [5, 5.41) is 15.5. The van der Waals surface area contributed by atoms with Crippen LogP contribution in [0.2, 0.25) is 10.0 Å². The molecule has 0 fully saturated rings. The lowest BCUT2D eigenvalue weighted by atomic mass is 9.90. The minimum atomic E-state index is -0.892. The van der Waals surface area contributed by atoms with Crippen molar-refractivity contribution in [2.75, 3.05) is 11.9 Å². The Bertz CT molecular complexity index is 540. The van der Waals surface area contributed by atoms with Gasteiger partial charge in [-0.15, -0.1) is 0 Å². The molecular weight excluding hydrogens is 297 g/mol. The average Bonchev–Trinajstić information content (AvgIpc) is 2.40. The zero-order valence-electron chi connectivity index (χ0n) is 11.6. The molecule has 0 heterocycles. The molecule has 0 saturated carbocycles. The van der Waals surface area contributed by atoms with Crippen molar-refractivity contribution >= 4 is 34.8 Å². The van der Waals surface area contributed by atoms with Crippen molar-refractivity contribution in [3.05, 3.63) is 28.2 Å². The zero-order chi connectivity index (χ0) is 15.3. The van der Waals surface area contributed by atoms with Gasteiger partial charge < -0.3 is 10.6 Å². The monoisotopic (exact) mass is 313 g/mol. The summed E-state index contributed by atoms with van der Waals surface area (Å²) in [5.41, 5.74) is -0.311. The Morgan fingerprint density at radius 3 is 2.65 bits per heavy atom. The van der Waals surface area contributed by atoms with E-state index in [2.05, 4.69) is 16.7 Å². The van der Waals surface area contributed by atoms with Gasteiger partial charge in [0.25, 0.3) is 0 Å². The molecule has 1 atom stereocenters. The molecule has 0 aliphatic heterocycles. The van der Waals surface area contributed by atoms with Gasteiger partial charge in [0.15, 0.2) is 0 Å². The van der Waals surface area contributed by atoms with Gasteiger partial charge in [-0.1, -0.05) is 43.1 Å². The second-order valence-corrected chi connectivity index (χ2v) is 5.76. The summed E-state index contributed by atoms with van der Waals surface area (Å²) >= 11 is 11.9. The number of nitriles is 1. The minimum absolute atomic E-state index is 0.00575. The summed E-state index contributed by atoms with van der Waals surface area (Å²) in [7, 11) is 0. The van der Waals surface area contributed by atoms with E-state index in [1.807, 2.05) is 13.8 Å². The van der Waals surface area contributed by atoms with E-state index < -0.39 is 5.54 Å². The molecule has 1 aromatic carbocycles. The minimum Gasteiger partial charge on any atom is -0.375 e. The number of nitrogens with one attached hydrogen (secondary N) is 2. The van der Waals surface area contributed by atoms with Gasteiger partial charge >= 0.3 is 0 Å². The summed E-state index contributed by atoms with van der Waals surface area (Å²) in [6.45, 7) is 5.47. The Morgan fingerprint density at radius 2 is 2.10 bits per heavy atom. The first kappa shape index (κ1) is 16.6. The van der Waals surface area contributed by atoms with Gasteiger partial charge in [-0.3, -0.25) is 4.79 Å². The second kappa shape index (κ2) is 6.83. The number of nitrogens with zero attached hydrogens (tertiary/aromatic N) is 1. The van der Waals surface area contributed by atoms with Crippen molar-refractivity contribution in [2.45, 2.75) is 26.3 Å². The third kappa shape index (κ3) is 4.03. The number of hydrogen-bond donors (Lipinski definition) is 2. The number of carbonyl (C=O) groups is 1. The van der Waals surface area contributed by atoms with Crippen LogP contribution in [0.15, 0.2) is 18.2 Å². The maximum atomic E-state index is 11.9. The highest BCUT2D eigenvalue weighted by Gasteiger charge is 2.29. The van der Waals surface area contributed by atoms with Gasteiger partial charge in [0, 0.05) is 0 Å². The maximum Gasteiger partial charge on any atom is 0.240 e. The van der Waals surface area contributed by atoms with E-state index in [1.165, 1.54) is 0 Å². The van der Waals surface area contributed by atoms with Crippen molar-refractivity contribution in [3.63, 3.8) is 0 Å². The number of rotatable bonds is 5. The van der Waals surface area contributed by atoms with E-state index in [1.54, 1.807) is 25.1 Å². The van der Waals surface area contributed by atoms with Gasteiger partial charge in [-0.25, -0.2) is 0 Å². The molecule has 2 N–H and O–H groups in total. The Kier molecular flexibility index (Phi) is 5.67. The number of hydrogen-bond acceptors (Lipinski definition) is 3. The van der Waals surface area contributed by atoms with E-state index in [0.717, 1.165) is 0 Å². The fourth-order valence-electron chi connectivity index (χ4n) is 1.45. The SMILES string of the molecule is CC(C)[C@@](C)(C#N)NC(=O)CNc1cccc(Cl)c1Cl. The molecule has 1 amide bonds. The van der Waals surface area contributed by atoms with Crippen LogP contribution in [0.1, 0.15) is 20.8 Å². The van der Waals surface area contributed by atoms with Crippen LogP contribution in [0.4, 0.5) is 5.69 Å². The van der Waals surface area contributed by atoms with Crippen LogP contribution in [0.5, 0.6) is 0 Å². The van der Waals surface area contributed by atoms with Gasteiger partial charge in [0.1, 0.15) is 5.54 Å². The molecule has 20 heavy (non-hydrogen) atoms. The van der Waals surface area contributed by atoms with Gasteiger partial charge in [0.2, 0.25) is 5.91 Å². The Hall–Kier alpha value is -1.44. The van der Waals surface area contributed by atoms with Crippen LogP contribution in [0.3, 0.4) is 0 Å². The summed E-state index contributed by atoms with van der Waals surface area (Å²) in [4.78, 5) is 11.9. The Morgan fingerprint density at radius 1 is 1.45 bits per heavy atom. The predicted molar refractivity (Wildman–Crippen MR) is 82.0 cm³/mol. The average molecular weight is 314 g/mol. The lowest BCUT2D eigenvalue weighted by Gasteiger charge is -2.27. The van der Waals surface area contributed by atoms with E-state index >= 15 is 0 Å². The normalized spacial score (nSPS) is 13.4. The lowest BCUT2D eigenvalue weighted by molar-refractivity contribution is -0.121. The molecule has 0 saturated heterocycles. The highest BCUT2D eigenvalue weighted by Crippen LogP contribution is 2.29. The third-order valence-electron chi connectivity index (χ3n) is 3.18. The van der Waals surface area contributed by atoms with Gasteiger partial charge in [-0.05, 0) is 25.0 Å². The first-order chi connectivity index (χ1) is 9.30. The number of anilines is 1.